The minimum absolute atomic E-state index is 0.257. The molecule has 2 rings (SSSR count). The van der Waals surface area contributed by atoms with E-state index < -0.39 is 0 Å². The van der Waals surface area contributed by atoms with Crippen LogP contribution in [0.3, 0.4) is 0 Å². The molecule has 0 spiro atoms. The minimum Gasteiger partial charge on any atom is -0.457 e. The number of rotatable bonds is 2. The topological polar surface area (TPSA) is 68.3 Å². The third kappa shape index (κ3) is 2.70. The normalized spacial score (nSPS) is 10.2. The van der Waals surface area contributed by atoms with Crippen molar-refractivity contribution in [3.8, 4) is 0 Å². The number of furan rings is 1. The molecule has 0 radical (unpaired) electrons. The number of carbonyl (C=O) groups excluding carboxylic acids is 1. The summed E-state index contributed by atoms with van der Waals surface area (Å²) in [4.78, 5) is 11.8. The molecular weight excluding hydrogens is 352 g/mol. The SMILES string of the molecule is Nc1cc(NC(=O)c2ccoc2Br)ccc1Br. The van der Waals surface area contributed by atoms with Crippen molar-refractivity contribution in [2.75, 3.05) is 11.1 Å². The van der Waals surface area contributed by atoms with Gasteiger partial charge in [-0.05, 0) is 56.1 Å². The number of hydrogen-bond donors (Lipinski definition) is 2. The predicted octanol–water partition coefficient (Wildman–Crippen LogP) is 3.64. The largest absolute Gasteiger partial charge is 0.457 e. The highest BCUT2D eigenvalue weighted by atomic mass is 79.9. The summed E-state index contributed by atoms with van der Waals surface area (Å²) in [7, 11) is 0. The first-order valence-electron chi connectivity index (χ1n) is 4.67. The van der Waals surface area contributed by atoms with Gasteiger partial charge in [0.05, 0.1) is 11.8 Å². The van der Waals surface area contributed by atoms with Gasteiger partial charge in [-0.3, -0.25) is 4.79 Å². The summed E-state index contributed by atoms with van der Waals surface area (Å²) in [5, 5.41) is 2.72. The van der Waals surface area contributed by atoms with Crippen molar-refractivity contribution in [2.24, 2.45) is 0 Å². The van der Waals surface area contributed by atoms with E-state index in [1.807, 2.05) is 0 Å². The second kappa shape index (κ2) is 4.93. The number of carbonyl (C=O) groups is 1. The molecule has 2 aromatic rings. The lowest BCUT2D eigenvalue weighted by Gasteiger charge is -2.05. The van der Waals surface area contributed by atoms with Crippen molar-refractivity contribution in [1.29, 1.82) is 0 Å². The van der Waals surface area contributed by atoms with Crippen LogP contribution in [-0.4, -0.2) is 5.91 Å². The summed E-state index contributed by atoms with van der Waals surface area (Å²) in [6, 6.07) is 6.79. The Hall–Kier alpha value is -1.27. The van der Waals surface area contributed by atoms with Crippen molar-refractivity contribution >= 4 is 49.1 Å². The Morgan fingerprint density at radius 3 is 2.65 bits per heavy atom. The average molecular weight is 360 g/mol. The van der Waals surface area contributed by atoms with E-state index in [1.165, 1.54) is 6.26 Å². The number of halogens is 2. The Morgan fingerprint density at radius 2 is 2.06 bits per heavy atom. The molecule has 0 aliphatic rings. The van der Waals surface area contributed by atoms with Crippen LogP contribution in [0.4, 0.5) is 11.4 Å². The second-order valence-electron chi connectivity index (χ2n) is 3.30. The maximum absolute atomic E-state index is 11.8. The fourth-order valence-corrected chi connectivity index (χ4v) is 1.94. The van der Waals surface area contributed by atoms with Gasteiger partial charge in [-0.25, -0.2) is 0 Å². The lowest BCUT2D eigenvalue weighted by molar-refractivity contribution is 0.102. The molecule has 1 aromatic carbocycles. The number of anilines is 2. The summed E-state index contributed by atoms with van der Waals surface area (Å²) in [5.74, 6) is -0.257. The number of benzene rings is 1. The first-order valence-corrected chi connectivity index (χ1v) is 6.26. The van der Waals surface area contributed by atoms with E-state index in [1.54, 1.807) is 24.3 Å². The Balaban J connectivity index is 2.19. The van der Waals surface area contributed by atoms with Crippen LogP contribution in [0.1, 0.15) is 10.4 Å². The highest BCUT2D eigenvalue weighted by Gasteiger charge is 2.12. The number of hydrogen-bond acceptors (Lipinski definition) is 3. The second-order valence-corrected chi connectivity index (χ2v) is 4.87. The Labute approximate surface area is 114 Å². The van der Waals surface area contributed by atoms with Crippen LogP contribution in [0.15, 0.2) is 44.1 Å². The number of nitrogen functional groups attached to an aromatic ring is 1. The summed E-state index contributed by atoms with van der Waals surface area (Å²) >= 11 is 6.43. The molecule has 0 aliphatic heterocycles. The van der Waals surface area contributed by atoms with E-state index in [4.69, 9.17) is 10.2 Å². The van der Waals surface area contributed by atoms with Gasteiger partial charge in [-0.1, -0.05) is 0 Å². The molecule has 1 aromatic heterocycles. The van der Waals surface area contributed by atoms with Gasteiger partial charge in [0.1, 0.15) is 0 Å². The molecule has 6 heteroatoms. The molecule has 17 heavy (non-hydrogen) atoms. The van der Waals surface area contributed by atoms with Gasteiger partial charge in [0.2, 0.25) is 0 Å². The van der Waals surface area contributed by atoms with Gasteiger partial charge in [0.25, 0.3) is 5.91 Å². The van der Waals surface area contributed by atoms with Gasteiger partial charge >= 0.3 is 0 Å². The lowest BCUT2D eigenvalue weighted by Crippen LogP contribution is -2.11. The first kappa shape index (κ1) is 12.2. The van der Waals surface area contributed by atoms with Crippen LogP contribution < -0.4 is 11.1 Å². The smallest absolute Gasteiger partial charge is 0.260 e. The average Bonchev–Trinajstić information content (AvgIpc) is 2.70. The van der Waals surface area contributed by atoms with E-state index in [-0.39, 0.29) is 5.91 Å². The molecule has 0 bridgehead atoms. The zero-order valence-corrected chi connectivity index (χ0v) is 11.7. The molecule has 3 N–H and O–H groups in total. The molecule has 0 saturated heterocycles. The van der Waals surface area contributed by atoms with E-state index in [9.17, 15) is 4.79 Å². The van der Waals surface area contributed by atoms with Crippen LogP contribution in [0, 0.1) is 0 Å². The quantitative estimate of drug-likeness (QED) is 0.804. The van der Waals surface area contributed by atoms with Crippen molar-refractivity contribution < 1.29 is 9.21 Å². The fraction of sp³-hybridized carbons (Fsp3) is 0. The predicted molar refractivity (Wildman–Crippen MR) is 72.9 cm³/mol. The number of nitrogens with two attached hydrogens (primary N) is 1. The van der Waals surface area contributed by atoms with Crippen molar-refractivity contribution in [1.82, 2.24) is 0 Å². The monoisotopic (exact) mass is 358 g/mol. The van der Waals surface area contributed by atoms with Crippen molar-refractivity contribution in [3.63, 3.8) is 0 Å². The Morgan fingerprint density at radius 1 is 1.29 bits per heavy atom. The third-order valence-corrected chi connectivity index (χ3v) is 3.45. The third-order valence-electron chi connectivity index (χ3n) is 2.12. The maximum Gasteiger partial charge on any atom is 0.260 e. The van der Waals surface area contributed by atoms with E-state index in [0.29, 0.717) is 21.6 Å². The molecule has 88 valence electrons. The highest BCUT2D eigenvalue weighted by Crippen LogP contribution is 2.24. The zero-order valence-electron chi connectivity index (χ0n) is 8.54. The van der Waals surface area contributed by atoms with Gasteiger partial charge in [-0.2, -0.15) is 0 Å². The molecule has 1 heterocycles. The van der Waals surface area contributed by atoms with Crippen LogP contribution >= 0.6 is 31.9 Å². The zero-order chi connectivity index (χ0) is 12.4. The molecule has 0 unspecified atom stereocenters. The van der Waals surface area contributed by atoms with E-state index in [2.05, 4.69) is 37.2 Å². The summed E-state index contributed by atoms with van der Waals surface area (Å²) < 4.78 is 6.18. The lowest BCUT2D eigenvalue weighted by atomic mass is 10.2. The standard InChI is InChI=1S/C11H8Br2N2O2/c12-8-2-1-6(5-9(8)14)15-11(16)7-3-4-17-10(7)13/h1-5H,14H2,(H,15,16). The summed E-state index contributed by atoms with van der Waals surface area (Å²) in [6.07, 6.45) is 1.44. The molecule has 1 amide bonds. The molecule has 4 nitrogen and oxygen atoms in total. The summed E-state index contributed by atoms with van der Waals surface area (Å²) in [5.41, 5.74) is 7.35. The maximum atomic E-state index is 11.8. The number of amides is 1. The molecule has 0 aliphatic carbocycles. The Bertz CT molecular complexity index is 566. The summed E-state index contributed by atoms with van der Waals surface area (Å²) in [6.45, 7) is 0. The van der Waals surface area contributed by atoms with Gasteiger partial charge in [-0.15, -0.1) is 0 Å². The molecular formula is C11H8Br2N2O2. The van der Waals surface area contributed by atoms with Gasteiger partial charge in [0, 0.05) is 15.8 Å². The van der Waals surface area contributed by atoms with Gasteiger partial charge < -0.3 is 15.5 Å². The number of nitrogens with one attached hydrogen (secondary N) is 1. The van der Waals surface area contributed by atoms with Crippen LogP contribution in [-0.2, 0) is 0 Å². The van der Waals surface area contributed by atoms with Crippen molar-refractivity contribution in [3.05, 3.63) is 45.2 Å². The highest BCUT2D eigenvalue weighted by molar-refractivity contribution is 9.10. The van der Waals surface area contributed by atoms with E-state index in [0.717, 1.165) is 4.47 Å². The van der Waals surface area contributed by atoms with Gasteiger partial charge in [0.15, 0.2) is 4.67 Å². The molecule has 0 saturated carbocycles. The Kier molecular flexibility index (Phi) is 3.54. The van der Waals surface area contributed by atoms with Crippen molar-refractivity contribution in [2.45, 2.75) is 0 Å². The van der Waals surface area contributed by atoms with Crippen LogP contribution in [0.25, 0.3) is 0 Å². The fourth-order valence-electron chi connectivity index (χ4n) is 1.28. The first-order chi connectivity index (χ1) is 8.08. The van der Waals surface area contributed by atoms with Crippen LogP contribution in [0.2, 0.25) is 0 Å². The molecule has 0 atom stereocenters. The van der Waals surface area contributed by atoms with E-state index >= 15 is 0 Å². The van der Waals surface area contributed by atoms with Crippen LogP contribution in [0.5, 0.6) is 0 Å². The molecule has 0 fully saturated rings. The minimum atomic E-state index is -0.257.